The number of carbonyl (C=O) groups excluding carboxylic acids is 2. The molecule has 0 amide bonds. The number of hydrogen-bond donors (Lipinski definition) is 1. The predicted molar refractivity (Wildman–Crippen MR) is 78.6 cm³/mol. The fraction of sp³-hybridized carbons (Fsp3) is 0.125. The maximum absolute atomic E-state index is 12.4. The quantitative estimate of drug-likeness (QED) is 0.527. The van der Waals surface area contributed by atoms with E-state index in [0.29, 0.717) is 0 Å². The first-order valence-corrected chi connectivity index (χ1v) is 6.77. The first-order valence-electron chi connectivity index (χ1n) is 6.77. The zero-order valence-corrected chi connectivity index (χ0v) is 11.8. The molecule has 0 unspecified atom stereocenters. The van der Waals surface area contributed by atoms with E-state index in [9.17, 15) is 24.8 Å². The summed E-state index contributed by atoms with van der Waals surface area (Å²) in [7, 11) is 0. The zero-order valence-electron chi connectivity index (χ0n) is 11.8. The van der Waals surface area contributed by atoms with Crippen molar-refractivity contribution >= 4 is 17.3 Å². The van der Waals surface area contributed by atoms with Crippen LogP contribution in [0, 0.1) is 10.1 Å². The first-order chi connectivity index (χ1) is 11.0. The Bertz CT molecular complexity index is 834. The highest BCUT2D eigenvalue weighted by molar-refractivity contribution is 6.52. The topological polar surface area (TPSA) is 111 Å². The van der Waals surface area contributed by atoms with Gasteiger partial charge in [0.2, 0.25) is 18.1 Å². The number of furan rings is 1. The summed E-state index contributed by atoms with van der Waals surface area (Å²) in [5, 5.41) is 21.4. The Morgan fingerprint density at radius 3 is 2.39 bits per heavy atom. The lowest BCUT2D eigenvalue weighted by molar-refractivity contribution is -0.482. The SMILES string of the molecule is O=C1C(=O)c2ccccc2C(O)=C1[C@@H](C[N+](=O)[O-])c1ccco1. The summed E-state index contributed by atoms with van der Waals surface area (Å²) in [4.78, 5) is 35.0. The van der Waals surface area contributed by atoms with Crippen LogP contribution in [0.2, 0.25) is 0 Å². The molecule has 7 nitrogen and oxygen atoms in total. The van der Waals surface area contributed by atoms with Gasteiger partial charge in [0.25, 0.3) is 0 Å². The van der Waals surface area contributed by atoms with E-state index in [1.165, 1.54) is 30.5 Å². The molecule has 0 saturated heterocycles. The van der Waals surface area contributed by atoms with Crippen LogP contribution in [0.5, 0.6) is 0 Å². The van der Waals surface area contributed by atoms with Crippen LogP contribution in [-0.2, 0) is 4.79 Å². The van der Waals surface area contributed by atoms with E-state index in [0.717, 1.165) is 0 Å². The monoisotopic (exact) mass is 313 g/mol. The molecule has 0 aliphatic heterocycles. The minimum absolute atomic E-state index is 0.0815. The molecule has 0 fully saturated rings. The number of nitrogens with zero attached hydrogens (tertiary/aromatic N) is 1. The first kappa shape index (κ1) is 14.7. The number of rotatable bonds is 4. The number of hydrogen-bond acceptors (Lipinski definition) is 6. The van der Waals surface area contributed by atoms with Crippen LogP contribution in [-0.4, -0.2) is 28.1 Å². The molecule has 3 rings (SSSR count). The number of Topliss-reactive ketones (excluding diaryl/α,β-unsaturated/α-hetero) is 2. The van der Waals surface area contributed by atoms with E-state index >= 15 is 0 Å². The third kappa shape index (κ3) is 2.42. The predicted octanol–water partition coefficient (Wildman–Crippen LogP) is 2.37. The van der Waals surface area contributed by atoms with Gasteiger partial charge in [0.1, 0.15) is 17.4 Å². The van der Waals surface area contributed by atoms with Crippen LogP contribution in [0.1, 0.15) is 27.6 Å². The van der Waals surface area contributed by atoms with E-state index in [1.807, 2.05) is 0 Å². The molecule has 1 aliphatic rings. The van der Waals surface area contributed by atoms with Crippen molar-refractivity contribution in [2.24, 2.45) is 0 Å². The van der Waals surface area contributed by atoms with Gasteiger partial charge in [-0.2, -0.15) is 0 Å². The number of ketones is 2. The van der Waals surface area contributed by atoms with Gasteiger partial charge < -0.3 is 9.52 Å². The highest BCUT2D eigenvalue weighted by atomic mass is 16.6. The Morgan fingerprint density at radius 2 is 1.78 bits per heavy atom. The van der Waals surface area contributed by atoms with E-state index < -0.39 is 34.7 Å². The smallest absolute Gasteiger partial charge is 0.234 e. The average Bonchev–Trinajstić information content (AvgIpc) is 3.06. The van der Waals surface area contributed by atoms with Gasteiger partial charge in [-0.15, -0.1) is 0 Å². The molecule has 1 heterocycles. The molecular weight excluding hydrogens is 302 g/mol. The Labute approximate surface area is 130 Å². The van der Waals surface area contributed by atoms with E-state index in [-0.39, 0.29) is 22.5 Å². The van der Waals surface area contributed by atoms with Crippen LogP contribution in [0.15, 0.2) is 52.7 Å². The maximum Gasteiger partial charge on any atom is 0.234 e. The highest BCUT2D eigenvalue weighted by Gasteiger charge is 2.40. The molecule has 0 radical (unpaired) electrons. The van der Waals surface area contributed by atoms with Gasteiger partial charge in [0.05, 0.1) is 11.8 Å². The second-order valence-corrected chi connectivity index (χ2v) is 5.05. The Kier molecular flexibility index (Phi) is 3.53. The van der Waals surface area contributed by atoms with Gasteiger partial charge >= 0.3 is 0 Å². The lowest BCUT2D eigenvalue weighted by Gasteiger charge is -2.21. The summed E-state index contributed by atoms with van der Waals surface area (Å²) in [6.45, 7) is -0.673. The number of nitro groups is 1. The lowest BCUT2D eigenvalue weighted by atomic mass is 9.81. The van der Waals surface area contributed by atoms with E-state index in [1.54, 1.807) is 12.1 Å². The molecule has 0 saturated carbocycles. The third-order valence-electron chi connectivity index (χ3n) is 3.70. The van der Waals surface area contributed by atoms with Gasteiger partial charge in [-0.25, -0.2) is 0 Å². The van der Waals surface area contributed by atoms with Crippen molar-refractivity contribution in [2.75, 3.05) is 6.54 Å². The number of carbonyl (C=O) groups is 2. The van der Waals surface area contributed by atoms with Crippen molar-refractivity contribution < 1.29 is 24.0 Å². The maximum atomic E-state index is 12.4. The molecule has 1 N–H and O–H groups in total. The largest absolute Gasteiger partial charge is 0.507 e. The second kappa shape index (κ2) is 5.53. The molecule has 0 spiro atoms. The number of aliphatic hydroxyl groups excluding tert-OH is 1. The van der Waals surface area contributed by atoms with Gasteiger partial charge in [0.15, 0.2) is 0 Å². The summed E-state index contributed by atoms with van der Waals surface area (Å²) >= 11 is 0. The Balaban J connectivity index is 2.21. The van der Waals surface area contributed by atoms with Gasteiger partial charge in [0, 0.05) is 16.1 Å². The van der Waals surface area contributed by atoms with Gasteiger partial charge in [-0.1, -0.05) is 24.3 Å². The minimum atomic E-state index is -1.13. The van der Waals surface area contributed by atoms with Crippen molar-refractivity contribution in [1.29, 1.82) is 0 Å². The molecule has 1 aromatic heterocycles. The van der Waals surface area contributed by atoms with Crippen LogP contribution in [0.4, 0.5) is 0 Å². The summed E-state index contributed by atoms with van der Waals surface area (Å²) in [6.07, 6.45) is 1.31. The second-order valence-electron chi connectivity index (χ2n) is 5.05. The minimum Gasteiger partial charge on any atom is -0.507 e. The molecule has 2 aromatic rings. The summed E-state index contributed by atoms with van der Waals surface area (Å²) in [5.41, 5.74) is -0.0367. The standard InChI is InChI=1S/C16H11NO6/c18-14-9-4-1-2-5-10(9)15(19)16(20)13(14)11(8-17(21)22)12-6-3-7-23-12/h1-7,11,18H,8H2/t11-/m0/s1. The normalized spacial score (nSPS) is 15.5. The molecule has 1 atom stereocenters. The third-order valence-corrected chi connectivity index (χ3v) is 3.70. The molecule has 1 aliphatic carbocycles. The highest BCUT2D eigenvalue weighted by Crippen LogP contribution is 2.36. The number of fused-ring (bicyclic) bond motifs is 1. The number of benzene rings is 1. The zero-order chi connectivity index (χ0) is 16.6. The molecule has 1 aromatic carbocycles. The summed E-state index contributed by atoms with van der Waals surface area (Å²) in [5.74, 6) is -3.17. The van der Waals surface area contributed by atoms with Crippen molar-refractivity contribution in [2.45, 2.75) is 5.92 Å². The van der Waals surface area contributed by atoms with Gasteiger partial charge in [-0.3, -0.25) is 19.7 Å². The summed E-state index contributed by atoms with van der Waals surface area (Å²) < 4.78 is 5.16. The van der Waals surface area contributed by atoms with Crippen LogP contribution in [0.3, 0.4) is 0 Å². The number of aliphatic hydroxyl groups is 1. The molecule has 0 bridgehead atoms. The summed E-state index contributed by atoms with van der Waals surface area (Å²) in [6, 6.07) is 9.07. The fourth-order valence-electron chi connectivity index (χ4n) is 2.67. The van der Waals surface area contributed by atoms with Crippen molar-refractivity contribution in [3.8, 4) is 0 Å². The van der Waals surface area contributed by atoms with E-state index in [4.69, 9.17) is 4.42 Å². The van der Waals surface area contributed by atoms with Crippen LogP contribution < -0.4 is 0 Å². The van der Waals surface area contributed by atoms with E-state index in [2.05, 4.69) is 0 Å². The van der Waals surface area contributed by atoms with Crippen molar-refractivity contribution in [3.05, 3.63) is 75.2 Å². The molecular formula is C16H11NO6. The van der Waals surface area contributed by atoms with Crippen LogP contribution in [0.25, 0.3) is 5.76 Å². The lowest BCUT2D eigenvalue weighted by Crippen LogP contribution is -2.29. The average molecular weight is 313 g/mol. The Morgan fingerprint density at radius 1 is 1.09 bits per heavy atom. The van der Waals surface area contributed by atoms with Crippen molar-refractivity contribution in [1.82, 2.24) is 0 Å². The van der Waals surface area contributed by atoms with Gasteiger partial charge in [-0.05, 0) is 12.1 Å². The van der Waals surface area contributed by atoms with Crippen molar-refractivity contribution in [3.63, 3.8) is 0 Å². The fourth-order valence-corrected chi connectivity index (χ4v) is 2.67. The Hall–Kier alpha value is -3.22. The molecule has 116 valence electrons. The van der Waals surface area contributed by atoms with Crippen LogP contribution >= 0.6 is 0 Å². The molecule has 23 heavy (non-hydrogen) atoms. The molecule has 7 heteroatoms.